The molecule has 108 valence electrons. The summed E-state index contributed by atoms with van der Waals surface area (Å²) in [5.41, 5.74) is -0.158. The first-order chi connectivity index (χ1) is 9.58. The third-order valence-corrected chi connectivity index (χ3v) is 3.82. The van der Waals surface area contributed by atoms with Gasteiger partial charge in [-0.15, -0.1) is 0 Å². The van der Waals surface area contributed by atoms with Gasteiger partial charge in [-0.1, -0.05) is 0 Å². The molecule has 1 saturated carbocycles. The molecule has 1 aliphatic heterocycles. The topological polar surface area (TPSA) is 29.5 Å². The van der Waals surface area contributed by atoms with E-state index in [0.29, 0.717) is 25.7 Å². The molecule has 20 heavy (non-hydrogen) atoms. The molecule has 1 saturated heterocycles. The van der Waals surface area contributed by atoms with E-state index in [4.69, 9.17) is 4.74 Å². The van der Waals surface area contributed by atoms with Gasteiger partial charge in [0.1, 0.15) is 0 Å². The zero-order valence-electron chi connectivity index (χ0n) is 10.7. The predicted octanol–water partition coefficient (Wildman–Crippen LogP) is 2.35. The third-order valence-electron chi connectivity index (χ3n) is 3.82. The van der Waals surface area contributed by atoms with Crippen LogP contribution in [0.2, 0.25) is 0 Å². The fourth-order valence-corrected chi connectivity index (χ4v) is 2.59. The lowest BCUT2D eigenvalue weighted by Gasteiger charge is -2.36. The zero-order chi connectivity index (χ0) is 14.3. The molecule has 1 aromatic carbocycles. The number of nitrogens with zero attached hydrogens (tertiary/aromatic N) is 1. The highest BCUT2D eigenvalue weighted by Crippen LogP contribution is 2.37. The van der Waals surface area contributed by atoms with E-state index in [2.05, 4.69) is 0 Å². The average Bonchev–Trinajstić information content (AvgIpc) is 3.28. The summed E-state index contributed by atoms with van der Waals surface area (Å²) in [7, 11) is 0. The van der Waals surface area contributed by atoms with Gasteiger partial charge in [0.05, 0.1) is 19.3 Å². The Balaban J connectivity index is 1.87. The maximum atomic E-state index is 13.2. The Hall–Kier alpha value is -1.56. The van der Waals surface area contributed by atoms with Crippen molar-refractivity contribution >= 4 is 5.91 Å². The van der Waals surface area contributed by atoms with Crippen molar-refractivity contribution in [1.29, 1.82) is 0 Å². The van der Waals surface area contributed by atoms with E-state index in [-0.39, 0.29) is 11.6 Å². The van der Waals surface area contributed by atoms with Crippen molar-refractivity contribution in [2.24, 2.45) is 5.92 Å². The first kappa shape index (κ1) is 13.4. The molecule has 1 amide bonds. The normalized spacial score (nSPS) is 22.9. The van der Waals surface area contributed by atoms with Gasteiger partial charge in [-0.05, 0) is 30.9 Å². The number of benzene rings is 1. The van der Waals surface area contributed by atoms with Crippen LogP contribution >= 0.6 is 0 Å². The minimum atomic E-state index is -1.55. The molecule has 0 aromatic heterocycles. The average molecular weight is 285 g/mol. The second-order valence-electron chi connectivity index (χ2n) is 5.23. The number of carbonyl (C=O) groups is 1. The van der Waals surface area contributed by atoms with Crippen LogP contribution in [-0.2, 0) is 4.74 Å². The molecule has 0 spiro atoms. The maximum Gasteiger partial charge on any atom is 0.254 e. The summed E-state index contributed by atoms with van der Waals surface area (Å²) in [6.07, 6.45) is 2.06. The lowest BCUT2D eigenvalue weighted by atomic mass is 10.1. The van der Waals surface area contributed by atoms with Crippen LogP contribution in [0.15, 0.2) is 12.1 Å². The van der Waals surface area contributed by atoms with Crippen molar-refractivity contribution in [3.8, 4) is 0 Å². The van der Waals surface area contributed by atoms with Gasteiger partial charge in [0.25, 0.3) is 5.91 Å². The first-order valence-corrected chi connectivity index (χ1v) is 6.61. The molecular weight excluding hydrogens is 271 g/mol. The van der Waals surface area contributed by atoms with E-state index < -0.39 is 23.4 Å². The number of hydrogen-bond donors (Lipinski definition) is 0. The van der Waals surface area contributed by atoms with Crippen LogP contribution in [0.4, 0.5) is 13.2 Å². The van der Waals surface area contributed by atoms with Gasteiger partial charge >= 0.3 is 0 Å². The molecule has 0 radical (unpaired) electrons. The molecule has 1 atom stereocenters. The van der Waals surface area contributed by atoms with Gasteiger partial charge in [0, 0.05) is 12.1 Å². The monoisotopic (exact) mass is 285 g/mol. The minimum absolute atomic E-state index is 0.0487. The summed E-state index contributed by atoms with van der Waals surface area (Å²) in [4.78, 5) is 14.0. The van der Waals surface area contributed by atoms with E-state index in [1.165, 1.54) is 0 Å². The molecule has 1 heterocycles. The quantitative estimate of drug-likeness (QED) is 0.781. The highest BCUT2D eigenvalue weighted by molar-refractivity contribution is 5.94. The second-order valence-corrected chi connectivity index (χ2v) is 5.23. The van der Waals surface area contributed by atoms with Crippen LogP contribution < -0.4 is 0 Å². The van der Waals surface area contributed by atoms with Crippen LogP contribution in [0.1, 0.15) is 23.2 Å². The zero-order valence-corrected chi connectivity index (χ0v) is 10.7. The largest absolute Gasteiger partial charge is 0.377 e. The fourth-order valence-electron chi connectivity index (χ4n) is 2.59. The van der Waals surface area contributed by atoms with Crippen LogP contribution in [0.25, 0.3) is 0 Å². The Labute approximate surface area is 114 Å². The molecule has 0 unspecified atom stereocenters. The first-order valence-electron chi connectivity index (χ1n) is 6.61. The van der Waals surface area contributed by atoms with E-state index in [9.17, 15) is 18.0 Å². The molecular formula is C14H14F3NO2. The Morgan fingerprint density at radius 2 is 1.85 bits per heavy atom. The van der Waals surface area contributed by atoms with E-state index in [1.54, 1.807) is 4.90 Å². The minimum Gasteiger partial charge on any atom is -0.377 e. The van der Waals surface area contributed by atoms with Crippen LogP contribution in [0, 0.1) is 23.4 Å². The van der Waals surface area contributed by atoms with Crippen molar-refractivity contribution < 1.29 is 22.7 Å². The van der Waals surface area contributed by atoms with Crippen molar-refractivity contribution in [1.82, 2.24) is 4.90 Å². The maximum absolute atomic E-state index is 13.2. The number of halogens is 3. The van der Waals surface area contributed by atoms with Crippen molar-refractivity contribution in [3.63, 3.8) is 0 Å². The number of ether oxygens (including phenoxy) is 1. The summed E-state index contributed by atoms with van der Waals surface area (Å²) in [6, 6.07) is 1.45. The van der Waals surface area contributed by atoms with Crippen molar-refractivity contribution in [2.75, 3.05) is 19.8 Å². The Morgan fingerprint density at radius 1 is 1.20 bits per heavy atom. The summed E-state index contributed by atoms with van der Waals surface area (Å²) >= 11 is 0. The molecule has 1 aromatic rings. The van der Waals surface area contributed by atoms with E-state index in [0.717, 1.165) is 25.0 Å². The molecule has 6 heteroatoms. The molecule has 1 aliphatic carbocycles. The third kappa shape index (κ3) is 2.40. The predicted molar refractivity (Wildman–Crippen MR) is 64.7 cm³/mol. The molecule has 3 rings (SSSR count). The lowest BCUT2D eigenvalue weighted by Crippen LogP contribution is -2.49. The van der Waals surface area contributed by atoms with Gasteiger partial charge in [0.15, 0.2) is 17.5 Å². The highest BCUT2D eigenvalue weighted by Gasteiger charge is 2.39. The Bertz CT molecular complexity index is 522. The van der Waals surface area contributed by atoms with Gasteiger partial charge in [-0.3, -0.25) is 4.79 Å². The summed E-state index contributed by atoms with van der Waals surface area (Å²) < 4.78 is 44.8. The molecule has 2 aliphatic rings. The number of rotatable bonds is 2. The second kappa shape index (κ2) is 5.09. The van der Waals surface area contributed by atoms with Crippen molar-refractivity contribution in [3.05, 3.63) is 35.1 Å². The molecule has 2 fully saturated rings. The van der Waals surface area contributed by atoms with Gasteiger partial charge in [0.2, 0.25) is 0 Å². The number of carbonyl (C=O) groups excluding carboxylic acids is 1. The smallest absolute Gasteiger partial charge is 0.254 e. The van der Waals surface area contributed by atoms with Gasteiger partial charge < -0.3 is 9.64 Å². The SMILES string of the molecule is O=C(c1cc(F)c(F)c(F)c1)N1CCOC[C@@H]1C1CC1. The standard InChI is InChI=1S/C14H14F3NO2/c15-10-5-9(6-11(16)13(10)17)14(19)18-3-4-20-7-12(18)8-1-2-8/h5-6,8,12H,1-4,7H2/t12-/m1/s1. The number of amides is 1. The van der Waals surface area contributed by atoms with Gasteiger partial charge in [-0.25, -0.2) is 13.2 Å². The highest BCUT2D eigenvalue weighted by atomic mass is 19.2. The molecule has 0 N–H and O–H groups in total. The van der Waals surface area contributed by atoms with Gasteiger partial charge in [-0.2, -0.15) is 0 Å². The van der Waals surface area contributed by atoms with E-state index in [1.807, 2.05) is 0 Å². The fraction of sp³-hybridized carbons (Fsp3) is 0.500. The number of morpholine rings is 1. The number of hydrogen-bond acceptors (Lipinski definition) is 2. The van der Waals surface area contributed by atoms with Crippen LogP contribution in [0.3, 0.4) is 0 Å². The summed E-state index contributed by atoms with van der Waals surface area (Å²) in [5, 5.41) is 0. The van der Waals surface area contributed by atoms with Crippen LogP contribution in [0.5, 0.6) is 0 Å². The van der Waals surface area contributed by atoms with Crippen molar-refractivity contribution in [2.45, 2.75) is 18.9 Å². The van der Waals surface area contributed by atoms with Crippen LogP contribution in [-0.4, -0.2) is 36.6 Å². The summed E-state index contributed by atoms with van der Waals surface area (Å²) in [5.74, 6) is -4.31. The Morgan fingerprint density at radius 3 is 2.45 bits per heavy atom. The summed E-state index contributed by atoms with van der Waals surface area (Å²) in [6.45, 7) is 1.24. The van der Waals surface area contributed by atoms with E-state index >= 15 is 0 Å². The lowest BCUT2D eigenvalue weighted by molar-refractivity contribution is -0.00839. The molecule has 0 bridgehead atoms. The Kier molecular flexibility index (Phi) is 3.41. The molecule has 3 nitrogen and oxygen atoms in total.